The third-order valence-corrected chi connectivity index (χ3v) is 5.26. The van der Waals surface area contributed by atoms with Crippen LogP contribution in [0.3, 0.4) is 0 Å². The Kier molecular flexibility index (Phi) is 8.11. The van der Waals surface area contributed by atoms with Crippen LogP contribution in [0, 0.1) is 5.92 Å². The minimum absolute atomic E-state index is 0.468. The van der Waals surface area contributed by atoms with E-state index < -0.39 is 0 Å². The summed E-state index contributed by atoms with van der Waals surface area (Å²) in [6, 6.07) is 11.2. The van der Waals surface area contributed by atoms with Gasteiger partial charge in [-0.15, -0.1) is 0 Å². The first-order chi connectivity index (χ1) is 14.1. The van der Waals surface area contributed by atoms with Gasteiger partial charge in [0.1, 0.15) is 12.4 Å². The molecule has 0 radical (unpaired) electrons. The summed E-state index contributed by atoms with van der Waals surface area (Å²) in [6.45, 7) is 12.3. The highest BCUT2D eigenvalue weighted by Crippen LogP contribution is 2.14. The molecule has 0 saturated carbocycles. The van der Waals surface area contributed by atoms with E-state index in [4.69, 9.17) is 4.99 Å². The summed E-state index contributed by atoms with van der Waals surface area (Å²) in [4.78, 5) is 11.8. The van der Waals surface area contributed by atoms with Crippen molar-refractivity contribution in [3.05, 3.63) is 54.1 Å². The van der Waals surface area contributed by atoms with Gasteiger partial charge in [0.15, 0.2) is 5.96 Å². The van der Waals surface area contributed by atoms with Crippen LogP contribution < -0.4 is 10.6 Å². The zero-order valence-electron chi connectivity index (χ0n) is 18.1. The Balaban J connectivity index is 1.50. The molecule has 3 rings (SSSR count). The van der Waals surface area contributed by atoms with Crippen molar-refractivity contribution >= 4 is 5.96 Å². The zero-order valence-corrected chi connectivity index (χ0v) is 18.1. The van der Waals surface area contributed by atoms with Crippen LogP contribution in [0.15, 0.2) is 47.7 Å². The molecule has 0 unspecified atom stereocenters. The number of aliphatic imine (C=N–C) groups is 1. The molecule has 6 heteroatoms. The number of nitrogens with one attached hydrogen (secondary N) is 2. The highest BCUT2D eigenvalue weighted by atomic mass is 15.2. The summed E-state index contributed by atoms with van der Waals surface area (Å²) in [7, 11) is 0. The fraction of sp³-hybridized carbons (Fsp3) is 0.565. The SMILES string of the molecule is CCNC(=NCc1nccn1CC(C)C)NC1CCN(Cc2ccccc2)CC1. The first-order valence-corrected chi connectivity index (χ1v) is 10.9. The largest absolute Gasteiger partial charge is 0.357 e. The van der Waals surface area contributed by atoms with Crippen LogP contribution in [0.4, 0.5) is 0 Å². The Hall–Kier alpha value is -2.34. The summed E-state index contributed by atoms with van der Waals surface area (Å²) in [5, 5.41) is 7.03. The van der Waals surface area contributed by atoms with E-state index >= 15 is 0 Å². The normalized spacial score (nSPS) is 16.3. The molecule has 0 bridgehead atoms. The number of aromatic nitrogens is 2. The zero-order chi connectivity index (χ0) is 20.5. The second kappa shape index (κ2) is 11.0. The van der Waals surface area contributed by atoms with E-state index in [9.17, 15) is 0 Å². The lowest BCUT2D eigenvalue weighted by Crippen LogP contribution is -2.48. The van der Waals surface area contributed by atoms with Crippen LogP contribution >= 0.6 is 0 Å². The van der Waals surface area contributed by atoms with Crippen molar-refractivity contribution < 1.29 is 0 Å². The Morgan fingerprint density at radius 2 is 1.97 bits per heavy atom. The first-order valence-electron chi connectivity index (χ1n) is 10.9. The number of rotatable bonds is 8. The van der Waals surface area contributed by atoms with Crippen LogP contribution in [0.5, 0.6) is 0 Å². The molecule has 2 heterocycles. The lowest BCUT2D eigenvalue weighted by molar-refractivity contribution is 0.198. The molecule has 29 heavy (non-hydrogen) atoms. The van der Waals surface area contributed by atoms with Crippen molar-refractivity contribution in [1.29, 1.82) is 0 Å². The average Bonchev–Trinajstić information content (AvgIpc) is 3.15. The molecule has 0 spiro atoms. The number of benzene rings is 1. The maximum atomic E-state index is 4.80. The highest BCUT2D eigenvalue weighted by Gasteiger charge is 2.20. The van der Waals surface area contributed by atoms with E-state index in [2.05, 4.69) is 76.2 Å². The maximum Gasteiger partial charge on any atom is 0.191 e. The van der Waals surface area contributed by atoms with Crippen LogP contribution in [-0.4, -0.2) is 46.1 Å². The average molecular weight is 397 g/mol. The lowest BCUT2D eigenvalue weighted by Gasteiger charge is -2.33. The molecule has 1 aliphatic heterocycles. The van der Waals surface area contributed by atoms with Gasteiger partial charge in [-0.2, -0.15) is 0 Å². The van der Waals surface area contributed by atoms with Gasteiger partial charge in [0, 0.05) is 51.2 Å². The van der Waals surface area contributed by atoms with Crippen molar-refractivity contribution in [2.24, 2.45) is 10.9 Å². The topological polar surface area (TPSA) is 57.5 Å². The van der Waals surface area contributed by atoms with Crippen molar-refractivity contribution in [3.8, 4) is 0 Å². The summed E-state index contributed by atoms with van der Waals surface area (Å²) in [5.41, 5.74) is 1.39. The van der Waals surface area contributed by atoms with Crippen LogP contribution in [0.1, 0.15) is 45.0 Å². The standard InChI is InChI=1S/C23H36N6/c1-4-24-23(26-16-22-25-12-15-29(22)17-19(2)3)27-21-10-13-28(14-11-21)18-20-8-6-5-7-9-20/h5-9,12,15,19,21H,4,10-11,13-14,16-18H2,1-3H3,(H2,24,26,27). The van der Waals surface area contributed by atoms with E-state index in [1.54, 1.807) is 0 Å². The van der Waals surface area contributed by atoms with Crippen molar-refractivity contribution in [3.63, 3.8) is 0 Å². The minimum atomic E-state index is 0.468. The molecule has 0 atom stereocenters. The van der Waals surface area contributed by atoms with Gasteiger partial charge < -0.3 is 15.2 Å². The van der Waals surface area contributed by atoms with Gasteiger partial charge >= 0.3 is 0 Å². The monoisotopic (exact) mass is 396 g/mol. The molecule has 2 N–H and O–H groups in total. The molecule has 1 aromatic carbocycles. The number of nitrogens with zero attached hydrogens (tertiary/aromatic N) is 4. The van der Waals surface area contributed by atoms with Gasteiger partial charge in [0.2, 0.25) is 0 Å². The predicted molar refractivity (Wildman–Crippen MR) is 120 cm³/mol. The first kappa shape index (κ1) is 21.4. The molecule has 2 aromatic rings. The Bertz CT molecular complexity index is 744. The summed E-state index contributed by atoms with van der Waals surface area (Å²) in [6.07, 6.45) is 6.20. The van der Waals surface area contributed by atoms with Crippen LogP contribution in [0.2, 0.25) is 0 Å². The van der Waals surface area contributed by atoms with Gasteiger partial charge in [-0.25, -0.2) is 9.98 Å². The molecule has 1 fully saturated rings. The number of hydrogen-bond donors (Lipinski definition) is 2. The predicted octanol–water partition coefficient (Wildman–Crippen LogP) is 3.26. The van der Waals surface area contributed by atoms with E-state index in [0.717, 1.165) is 57.3 Å². The van der Waals surface area contributed by atoms with Crippen LogP contribution in [0.25, 0.3) is 0 Å². The third-order valence-electron chi connectivity index (χ3n) is 5.26. The van der Waals surface area contributed by atoms with Crippen molar-refractivity contribution in [2.45, 2.75) is 59.3 Å². The smallest absolute Gasteiger partial charge is 0.191 e. The van der Waals surface area contributed by atoms with E-state index in [1.807, 2.05) is 12.4 Å². The Labute approximate surface area is 175 Å². The number of likely N-dealkylation sites (tertiary alicyclic amines) is 1. The van der Waals surface area contributed by atoms with Crippen LogP contribution in [-0.2, 0) is 19.6 Å². The van der Waals surface area contributed by atoms with Gasteiger partial charge in [-0.05, 0) is 31.2 Å². The maximum absolute atomic E-state index is 4.80. The van der Waals surface area contributed by atoms with Gasteiger partial charge in [0.05, 0.1) is 0 Å². The Morgan fingerprint density at radius 3 is 2.66 bits per heavy atom. The van der Waals surface area contributed by atoms with E-state index in [-0.39, 0.29) is 0 Å². The van der Waals surface area contributed by atoms with E-state index in [1.165, 1.54) is 5.56 Å². The quantitative estimate of drug-likeness (QED) is 0.531. The fourth-order valence-electron chi connectivity index (χ4n) is 3.79. The van der Waals surface area contributed by atoms with Crippen molar-refractivity contribution in [2.75, 3.05) is 19.6 Å². The number of hydrogen-bond acceptors (Lipinski definition) is 3. The van der Waals surface area contributed by atoms with Gasteiger partial charge in [-0.1, -0.05) is 44.2 Å². The number of imidazole rings is 1. The summed E-state index contributed by atoms with van der Waals surface area (Å²) >= 11 is 0. The molecule has 158 valence electrons. The highest BCUT2D eigenvalue weighted by molar-refractivity contribution is 5.80. The second-order valence-corrected chi connectivity index (χ2v) is 8.27. The summed E-state index contributed by atoms with van der Waals surface area (Å²) in [5.74, 6) is 2.51. The molecule has 6 nitrogen and oxygen atoms in total. The van der Waals surface area contributed by atoms with Gasteiger partial charge in [-0.3, -0.25) is 4.90 Å². The minimum Gasteiger partial charge on any atom is -0.357 e. The summed E-state index contributed by atoms with van der Waals surface area (Å²) < 4.78 is 2.21. The van der Waals surface area contributed by atoms with Gasteiger partial charge in [0.25, 0.3) is 0 Å². The number of guanidine groups is 1. The van der Waals surface area contributed by atoms with Crippen molar-refractivity contribution in [1.82, 2.24) is 25.1 Å². The molecular formula is C23H36N6. The number of piperidine rings is 1. The Morgan fingerprint density at radius 1 is 1.21 bits per heavy atom. The lowest BCUT2D eigenvalue weighted by atomic mass is 10.0. The molecule has 1 aromatic heterocycles. The third kappa shape index (κ3) is 6.89. The molecule has 0 aliphatic carbocycles. The molecule has 1 saturated heterocycles. The second-order valence-electron chi connectivity index (χ2n) is 8.27. The molecule has 0 amide bonds. The van der Waals surface area contributed by atoms with E-state index in [0.29, 0.717) is 18.5 Å². The fourth-order valence-corrected chi connectivity index (χ4v) is 3.79. The molecule has 1 aliphatic rings. The molecular weight excluding hydrogens is 360 g/mol.